The van der Waals surface area contributed by atoms with Crippen LogP contribution in [0, 0.1) is 0 Å². The van der Waals surface area contributed by atoms with E-state index in [-0.39, 0.29) is 6.03 Å². The number of urea groups is 1. The van der Waals surface area contributed by atoms with Gasteiger partial charge >= 0.3 is 6.03 Å². The van der Waals surface area contributed by atoms with E-state index in [4.69, 9.17) is 4.52 Å². The Hall–Kier alpha value is -1.59. The maximum atomic E-state index is 11.9. The molecule has 6 nitrogen and oxygen atoms in total. The van der Waals surface area contributed by atoms with E-state index in [1.54, 1.807) is 19.0 Å². The van der Waals surface area contributed by atoms with E-state index in [0.29, 0.717) is 11.8 Å². The van der Waals surface area contributed by atoms with Crippen LogP contribution in [0.5, 0.6) is 0 Å². The van der Waals surface area contributed by atoms with E-state index in [0.717, 1.165) is 37.6 Å². The highest BCUT2D eigenvalue weighted by molar-refractivity contribution is 5.73. The first-order chi connectivity index (χ1) is 10.1. The van der Waals surface area contributed by atoms with Crippen molar-refractivity contribution in [1.29, 1.82) is 0 Å². The monoisotopic (exact) mass is 292 g/mol. The fourth-order valence-corrected chi connectivity index (χ4v) is 3.36. The van der Waals surface area contributed by atoms with Crippen molar-refractivity contribution in [3.8, 4) is 0 Å². The van der Waals surface area contributed by atoms with Gasteiger partial charge in [0.25, 0.3) is 0 Å². The molecule has 0 spiro atoms. The lowest BCUT2D eigenvalue weighted by Gasteiger charge is -2.32. The second kappa shape index (κ2) is 6.03. The second-order valence-electron chi connectivity index (χ2n) is 6.41. The van der Waals surface area contributed by atoms with E-state index < -0.39 is 0 Å². The van der Waals surface area contributed by atoms with Crippen LogP contribution in [0.1, 0.15) is 62.1 Å². The summed E-state index contributed by atoms with van der Waals surface area (Å²) >= 11 is 0. The Labute approximate surface area is 125 Å². The number of piperidine rings is 1. The molecule has 0 atom stereocenters. The van der Waals surface area contributed by atoms with Gasteiger partial charge in [0.15, 0.2) is 5.82 Å². The SMILES string of the molecule is CN(C)C(=O)N1CCC(c2nc(C3CCCC3)no2)CC1. The van der Waals surface area contributed by atoms with Gasteiger partial charge < -0.3 is 14.3 Å². The van der Waals surface area contributed by atoms with Crippen molar-refractivity contribution in [3.63, 3.8) is 0 Å². The van der Waals surface area contributed by atoms with Crippen LogP contribution in [0.25, 0.3) is 0 Å². The van der Waals surface area contributed by atoms with Gasteiger partial charge in [0.05, 0.1) is 0 Å². The van der Waals surface area contributed by atoms with Gasteiger partial charge in [-0.2, -0.15) is 4.98 Å². The average Bonchev–Trinajstić information content (AvgIpc) is 3.17. The summed E-state index contributed by atoms with van der Waals surface area (Å²) in [7, 11) is 3.58. The van der Waals surface area contributed by atoms with Crippen LogP contribution in [0.15, 0.2) is 4.52 Å². The molecule has 2 aliphatic rings. The van der Waals surface area contributed by atoms with Gasteiger partial charge in [-0.3, -0.25) is 0 Å². The van der Waals surface area contributed by atoms with Crippen LogP contribution >= 0.6 is 0 Å². The summed E-state index contributed by atoms with van der Waals surface area (Å²) in [4.78, 5) is 20.1. The van der Waals surface area contributed by atoms with Crippen molar-refractivity contribution in [2.45, 2.75) is 50.4 Å². The third-order valence-electron chi connectivity index (χ3n) is 4.68. The molecule has 2 heterocycles. The highest BCUT2D eigenvalue weighted by atomic mass is 16.5. The van der Waals surface area contributed by atoms with Gasteiger partial charge in [0.2, 0.25) is 5.89 Å². The van der Waals surface area contributed by atoms with Gasteiger partial charge in [-0.15, -0.1) is 0 Å². The molecule has 21 heavy (non-hydrogen) atoms. The molecule has 1 aromatic rings. The quantitative estimate of drug-likeness (QED) is 0.840. The molecule has 0 aromatic carbocycles. The van der Waals surface area contributed by atoms with Gasteiger partial charge in [-0.05, 0) is 25.7 Å². The summed E-state index contributed by atoms with van der Waals surface area (Å²) < 4.78 is 5.48. The molecule has 1 aliphatic heterocycles. The third kappa shape index (κ3) is 3.04. The first-order valence-corrected chi connectivity index (χ1v) is 7.95. The molecule has 0 radical (unpaired) electrons. The fourth-order valence-electron chi connectivity index (χ4n) is 3.36. The number of likely N-dealkylation sites (tertiary alicyclic amines) is 1. The molecule has 116 valence electrons. The van der Waals surface area contributed by atoms with Crippen molar-refractivity contribution in [2.75, 3.05) is 27.2 Å². The van der Waals surface area contributed by atoms with Crippen LogP contribution in [0.4, 0.5) is 4.79 Å². The largest absolute Gasteiger partial charge is 0.339 e. The topological polar surface area (TPSA) is 62.5 Å². The first kappa shape index (κ1) is 14.4. The zero-order valence-electron chi connectivity index (χ0n) is 12.9. The van der Waals surface area contributed by atoms with E-state index in [2.05, 4.69) is 10.1 Å². The average molecular weight is 292 g/mol. The lowest BCUT2D eigenvalue weighted by atomic mass is 9.97. The number of rotatable bonds is 2. The van der Waals surface area contributed by atoms with Crippen LogP contribution in [0.3, 0.4) is 0 Å². The summed E-state index contributed by atoms with van der Waals surface area (Å²) in [5.74, 6) is 2.47. The van der Waals surface area contributed by atoms with Gasteiger partial charge in [0, 0.05) is 39.0 Å². The van der Waals surface area contributed by atoms with Crippen molar-refractivity contribution in [2.24, 2.45) is 0 Å². The minimum absolute atomic E-state index is 0.0885. The number of carbonyl (C=O) groups is 1. The fraction of sp³-hybridized carbons (Fsp3) is 0.800. The molecule has 2 fully saturated rings. The number of carbonyl (C=O) groups excluding carboxylic acids is 1. The van der Waals surface area contributed by atoms with Crippen LogP contribution < -0.4 is 0 Å². The van der Waals surface area contributed by atoms with Crippen molar-refractivity contribution in [3.05, 3.63) is 11.7 Å². The molecule has 3 rings (SSSR count). The van der Waals surface area contributed by atoms with Crippen molar-refractivity contribution >= 4 is 6.03 Å². The number of hydrogen-bond acceptors (Lipinski definition) is 4. The molecule has 0 unspecified atom stereocenters. The van der Waals surface area contributed by atoms with E-state index >= 15 is 0 Å². The first-order valence-electron chi connectivity index (χ1n) is 7.95. The van der Waals surface area contributed by atoms with E-state index in [1.807, 2.05) is 4.90 Å². The smallest absolute Gasteiger partial charge is 0.319 e. The lowest BCUT2D eigenvalue weighted by molar-refractivity contribution is 0.152. The molecule has 2 amide bonds. The lowest BCUT2D eigenvalue weighted by Crippen LogP contribution is -2.43. The summed E-state index contributed by atoms with van der Waals surface area (Å²) in [6.07, 6.45) is 6.75. The zero-order valence-corrected chi connectivity index (χ0v) is 12.9. The predicted octanol–water partition coefficient (Wildman–Crippen LogP) is 2.59. The molecule has 1 aliphatic carbocycles. The van der Waals surface area contributed by atoms with Gasteiger partial charge in [-0.25, -0.2) is 4.79 Å². The molecule has 1 aromatic heterocycles. The highest BCUT2D eigenvalue weighted by Gasteiger charge is 2.29. The number of hydrogen-bond donors (Lipinski definition) is 0. The Morgan fingerprint density at radius 2 is 1.81 bits per heavy atom. The minimum Gasteiger partial charge on any atom is -0.339 e. The third-order valence-corrected chi connectivity index (χ3v) is 4.68. The number of amides is 2. The standard InChI is InChI=1S/C15H24N4O2/c1-18(2)15(20)19-9-7-12(8-10-19)14-16-13(17-21-14)11-5-3-4-6-11/h11-12H,3-10H2,1-2H3. The molecule has 0 bridgehead atoms. The Balaban J connectivity index is 1.58. The molecule has 6 heteroatoms. The summed E-state index contributed by atoms with van der Waals surface area (Å²) in [6.45, 7) is 1.53. The van der Waals surface area contributed by atoms with E-state index in [9.17, 15) is 4.79 Å². The Morgan fingerprint density at radius 1 is 1.14 bits per heavy atom. The van der Waals surface area contributed by atoms with Crippen molar-refractivity contribution < 1.29 is 9.32 Å². The minimum atomic E-state index is 0.0885. The zero-order chi connectivity index (χ0) is 14.8. The van der Waals surface area contributed by atoms with E-state index in [1.165, 1.54) is 25.7 Å². The summed E-state index contributed by atoms with van der Waals surface area (Å²) in [6, 6.07) is 0.0885. The normalized spacial score (nSPS) is 21.0. The second-order valence-corrected chi connectivity index (χ2v) is 6.41. The van der Waals surface area contributed by atoms with Crippen molar-refractivity contribution in [1.82, 2.24) is 19.9 Å². The molecule has 1 saturated carbocycles. The maximum absolute atomic E-state index is 11.9. The summed E-state index contributed by atoms with van der Waals surface area (Å²) in [5, 5.41) is 4.18. The van der Waals surface area contributed by atoms with Crippen LogP contribution in [0.2, 0.25) is 0 Å². The predicted molar refractivity (Wildman–Crippen MR) is 78.1 cm³/mol. The van der Waals surface area contributed by atoms with Crippen LogP contribution in [-0.4, -0.2) is 53.2 Å². The number of nitrogens with zero attached hydrogens (tertiary/aromatic N) is 4. The van der Waals surface area contributed by atoms with Gasteiger partial charge in [-0.1, -0.05) is 18.0 Å². The maximum Gasteiger partial charge on any atom is 0.319 e. The molecule has 0 N–H and O–H groups in total. The Kier molecular flexibility index (Phi) is 4.12. The Bertz CT molecular complexity index is 486. The molecular formula is C15H24N4O2. The molecular weight excluding hydrogens is 268 g/mol. The van der Waals surface area contributed by atoms with Gasteiger partial charge in [0.1, 0.15) is 0 Å². The van der Waals surface area contributed by atoms with Crippen LogP contribution in [-0.2, 0) is 0 Å². The highest BCUT2D eigenvalue weighted by Crippen LogP contribution is 2.34. The summed E-state index contributed by atoms with van der Waals surface area (Å²) in [5.41, 5.74) is 0. The number of aromatic nitrogens is 2. The molecule has 1 saturated heterocycles. The Morgan fingerprint density at radius 3 is 2.43 bits per heavy atom.